The van der Waals surface area contributed by atoms with Crippen LogP contribution in [0.3, 0.4) is 0 Å². The molecule has 5 nitrogen and oxygen atoms in total. The summed E-state index contributed by atoms with van der Waals surface area (Å²) in [5, 5.41) is 0.870. The van der Waals surface area contributed by atoms with Gasteiger partial charge in [0.15, 0.2) is 0 Å². The first-order chi connectivity index (χ1) is 12.1. The van der Waals surface area contributed by atoms with Gasteiger partial charge in [-0.25, -0.2) is 15.0 Å². The zero-order valence-electron chi connectivity index (χ0n) is 14.0. The molecule has 0 aliphatic heterocycles. The van der Waals surface area contributed by atoms with Crippen molar-refractivity contribution in [3.8, 4) is 16.5 Å². The lowest BCUT2D eigenvalue weighted by atomic mass is 10.1. The van der Waals surface area contributed by atoms with Gasteiger partial charge < -0.3 is 4.74 Å². The van der Waals surface area contributed by atoms with E-state index in [1.807, 2.05) is 32.0 Å². The van der Waals surface area contributed by atoms with Gasteiger partial charge in [0.1, 0.15) is 11.3 Å². The zero-order chi connectivity index (χ0) is 17.6. The number of hydrogen-bond acceptors (Lipinski definition) is 6. The summed E-state index contributed by atoms with van der Waals surface area (Å²) in [5.74, 6) is 0.486. The average molecular weight is 349 g/mol. The number of ether oxygens (including phenoxy) is 1. The Kier molecular flexibility index (Phi) is 3.69. The normalized spacial score (nSPS) is 11.2. The minimum absolute atomic E-state index is 0.486. The van der Waals surface area contributed by atoms with Gasteiger partial charge in [0.2, 0.25) is 5.88 Å². The highest BCUT2D eigenvalue weighted by atomic mass is 32.1. The van der Waals surface area contributed by atoms with Crippen LogP contribution in [0.4, 0.5) is 0 Å². The number of methoxy groups -OCH3 is 1. The Hall–Kier alpha value is -2.86. The number of carbonyl (C=O) groups is 1. The summed E-state index contributed by atoms with van der Waals surface area (Å²) >= 11 is 1.56. The molecule has 4 rings (SSSR count). The molecule has 6 heteroatoms. The molecule has 25 heavy (non-hydrogen) atoms. The van der Waals surface area contributed by atoms with Crippen molar-refractivity contribution in [3.05, 3.63) is 47.2 Å². The first-order valence-corrected chi connectivity index (χ1v) is 8.59. The largest absolute Gasteiger partial charge is 0.480 e. The van der Waals surface area contributed by atoms with Crippen molar-refractivity contribution in [1.82, 2.24) is 15.0 Å². The van der Waals surface area contributed by atoms with Crippen LogP contribution in [-0.4, -0.2) is 28.3 Å². The summed E-state index contributed by atoms with van der Waals surface area (Å²) in [6.45, 7) is 3.99. The Labute approximate surface area is 148 Å². The molecule has 0 fully saturated rings. The summed E-state index contributed by atoms with van der Waals surface area (Å²) in [7, 11) is 1.58. The molecule has 0 bridgehead atoms. The maximum Gasteiger partial charge on any atom is 0.232 e. The number of aryl methyl sites for hydroxylation is 2. The van der Waals surface area contributed by atoms with E-state index in [0.29, 0.717) is 11.4 Å². The van der Waals surface area contributed by atoms with E-state index < -0.39 is 0 Å². The van der Waals surface area contributed by atoms with Crippen molar-refractivity contribution in [2.45, 2.75) is 13.8 Å². The van der Waals surface area contributed by atoms with Crippen LogP contribution in [-0.2, 0) is 0 Å². The predicted octanol–water partition coefficient (Wildman–Crippen LogP) is 4.34. The molecule has 2 heterocycles. The Bertz CT molecular complexity index is 1130. The van der Waals surface area contributed by atoms with Gasteiger partial charge in [0, 0.05) is 11.1 Å². The number of thiazole rings is 1. The molecule has 0 aliphatic carbocycles. The minimum atomic E-state index is 0.486. The number of hydrogen-bond donors (Lipinski definition) is 0. The Morgan fingerprint density at radius 1 is 1.08 bits per heavy atom. The van der Waals surface area contributed by atoms with Gasteiger partial charge in [0.25, 0.3) is 0 Å². The van der Waals surface area contributed by atoms with Crippen LogP contribution in [0.1, 0.15) is 21.5 Å². The first-order valence-electron chi connectivity index (χ1n) is 7.77. The van der Waals surface area contributed by atoms with E-state index in [1.165, 1.54) is 0 Å². The molecule has 0 aliphatic rings. The number of carbonyl (C=O) groups excluding carboxylic acids is 1. The topological polar surface area (TPSA) is 65.0 Å². The van der Waals surface area contributed by atoms with Crippen LogP contribution in [0.25, 0.3) is 31.8 Å². The van der Waals surface area contributed by atoms with Crippen LogP contribution in [0.5, 0.6) is 5.88 Å². The molecule has 0 radical (unpaired) electrons. The third-order valence-corrected chi connectivity index (χ3v) is 5.09. The number of aldehydes is 1. The fraction of sp³-hybridized carbons (Fsp3) is 0.158. The van der Waals surface area contributed by atoms with E-state index in [4.69, 9.17) is 9.72 Å². The Morgan fingerprint density at radius 2 is 1.92 bits per heavy atom. The second kappa shape index (κ2) is 5.89. The molecule has 4 aromatic rings. The molecule has 0 spiro atoms. The standard InChI is InChI=1S/C19H15N3O2S/c1-10-4-13(18-14(5-10)21-16(24-3)8-20-18)19-22-17-11(2)6-12(9-23)7-15(17)25-19/h4-9H,1-3H3. The van der Waals surface area contributed by atoms with E-state index in [1.54, 1.807) is 24.6 Å². The lowest BCUT2D eigenvalue weighted by Crippen LogP contribution is -1.93. The Balaban J connectivity index is 1.99. The maximum absolute atomic E-state index is 11.1. The molecule has 0 N–H and O–H groups in total. The number of fused-ring (bicyclic) bond motifs is 2. The second-order valence-electron chi connectivity index (χ2n) is 5.91. The number of nitrogens with zero attached hydrogens (tertiary/aromatic N) is 3. The molecule has 0 saturated heterocycles. The third-order valence-electron chi connectivity index (χ3n) is 4.05. The molecule has 124 valence electrons. The van der Waals surface area contributed by atoms with Gasteiger partial charge >= 0.3 is 0 Å². The SMILES string of the molecule is COc1cnc2c(-c3nc4c(C)cc(C=O)cc4s3)cc(C)cc2n1. The molecule has 0 amide bonds. The molecule has 0 saturated carbocycles. The van der Waals surface area contributed by atoms with Crippen LogP contribution >= 0.6 is 11.3 Å². The van der Waals surface area contributed by atoms with Crippen molar-refractivity contribution in [2.24, 2.45) is 0 Å². The maximum atomic E-state index is 11.1. The summed E-state index contributed by atoms with van der Waals surface area (Å²) < 4.78 is 6.17. The lowest BCUT2D eigenvalue weighted by Gasteiger charge is -2.06. The van der Waals surface area contributed by atoms with E-state index >= 15 is 0 Å². The van der Waals surface area contributed by atoms with Gasteiger partial charge in [-0.15, -0.1) is 11.3 Å². The fourth-order valence-electron chi connectivity index (χ4n) is 2.92. The first kappa shape index (κ1) is 15.7. The predicted molar refractivity (Wildman–Crippen MR) is 99.6 cm³/mol. The van der Waals surface area contributed by atoms with E-state index in [2.05, 4.69) is 16.0 Å². The molecule has 0 atom stereocenters. The second-order valence-corrected chi connectivity index (χ2v) is 6.94. The molecular formula is C19H15N3O2S. The monoisotopic (exact) mass is 349 g/mol. The summed E-state index contributed by atoms with van der Waals surface area (Å²) in [6.07, 6.45) is 2.48. The van der Waals surface area contributed by atoms with Crippen molar-refractivity contribution in [1.29, 1.82) is 0 Å². The van der Waals surface area contributed by atoms with Gasteiger partial charge in [-0.2, -0.15) is 0 Å². The Morgan fingerprint density at radius 3 is 2.68 bits per heavy atom. The van der Waals surface area contributed by atoms with Crippen LogP contribution in [0.2, 0.25) is 0 Å². The van der Waals surface area contributed by atoms with Crippen molar-refractivity contribution < 1.29 is 9.53 Å². The molecule has 2 aromatic carbocycles. The van der Waals surface area contributed by atoms with Crippen molar-refractivity contribution in [3.63, 3.8) is 0 Å². The number of benzene rings is 2. The molecule has 2 aromatic heterocycles. The van der Waals surface area contributed by atoms with Crippen LogP contribution in [0.15, 0.2) is 30.5 Å². The molecular weight excluding hydrogens is 334 g/mol. The van der Waals surface area contributed by atoms with E-state index in [-0.39, 0.29) is 0 Å². The smallest absolute Gasteiger partial charge is 0.232 e. The highest BCUT2D eigenvalue weighted by molar-refractivity contribution is 7.21. The van der Waals surface area contributed by atoms with E-state index in [9.17, 15) is 4.79 Å². The van der Waals surface area contributed by atoms with Gasteiger partial charge in [0.05, 0.1) is 34.6 Å². The van der Waals surface area contributed by atoms with Crippen LogP contribution < -0.4 is 4.74 Å². The highest BCUT2D eigenvalue weighted by Crippen LogP contribution is 2.36. The van der Waals surface area contributed by atoms with Crippen molar-refractivity contribution in [2.75, 3.05) is 7.11 Å². The average Bonchev–Trinajstić information content (AvgIpc) is 3.04. The van der Waals surface area contributed by atoms with Crippen LogP contribution in [0, 0.1) is 13.8 Å². The quantitative estimate of drug-likeness (QED) is 0.515. The minimum Gasteiger partial charge on any atom is -0.480 e. The van der Waals surface area contributed by atoms with Gasteiger partial charge in [-0.3, -0.25) is 4.79 Å². The summed E-state index contributed by atoms with van der Waals surface area (Å²) in [4.78, 5) is 24.9. The van der Waals surface area contributed by atoms with Crippen molar-refractivity contribution >= 4 is 38.9 Å². The summed E-state index contributed by atoms with van der Waals surface area (Å²) in [5.41, 5.74) is 6.16. The number of rotatable bonds is 3. The molecule has 0 unspecified atom stereocenters. The fourth-order valence-corrected chi connectivity index (χ4v) is 4.03. The van der Waals surface area contributed by atoms with Gasteiger partial charge in [-0.05, 0) is 49.2 Å². The van der Waals surface area contributed by atoms with E-state index in [0.717, 1.165) is 49.2 Å². The highest BCUT2D eigenvalue weighted by Gasteiger charge is 2.14. The lowest BCUT2D eigenvalue weighted by molar-refractivity contribution is 0.112. The number of aromatic nitrogens is 3. The zero-order valence-corrected chi connectivity index (χ0v) is 14.8. The summed E-state index contributed by atoms with van der Waals surface area (Å²) in [6, 6.07) is 7.79. The van der Waals surface area contributed by atoms with Gasteiger partial charge in [-0.1, -0.05) is 0 Å². The third kappa shape index (κ3) is 2.64.